The molecule has 2 bridgehead atoms. The molecule has 0 amide bonds. The van der Waals surface area contributed by atoms with Crippen molar-refractivity contribution < 1.29 is 9.47 Å². The molecule has 2 fully saturated rings. The number of nitrogens with one attached hydrogen (secondary N) is 1. The number of aromatic nitrogens is 3. The molecular formula is C13H21N5O2. The maximum Gasteiger partial charge on any atom is 0.323 e. The third-order valence-electron chi connectivity index (χ3n) is 3.54. The second-order valence-electron chi connectivity index (χ2n) is 5.07. The van der Waals surface area contributed by atoms with Crippen molar-refractivity contribution in [2.45, 2.75) is 38.9 Å². The van der Waals surface area contributed by atoms with E-state index < -0.39 is 0 Å². The fourth-order valence-corrected chi connectivity index (χ4v) is 2.70. The average molecular weight is 279 g/mol. The van der Waals surface area contributed by atoms with Gasteiger partial charge in [-0.15, -0.1) is 0 Å². The topological polar surface area (TPSA) is 72.4 Å². The van der Waals surface area contributed by atoms with Crippen LogP contribution in [0.25, 0.3) is 0 Å². The molecule has 110 valence electrons. The molecule has 3 heterocycles. The standard InChI is InChI=1S/C13H21N5O2/c1-3-14-11-15-12(17-13(16-11)19-4-2)18-7-9-5-6-10(8-18)20-9/h9-10H,3-8H2,1-2H3,(H,14,15,16,17). The van der Waals surface area contributed by atoms with E-state index >= 15 is 0 Å². The van der Waals surface area contributed by atoms with E-state index in [0.717, 1.165) is 32.5 Å². The minimum Gasteiger partial charge on any atom is -0.464 e. The Hall–Kier alpha value is -1.63. The van der Waals surface area contributed by atoms with E-state index in [1.165, 1.54) is 0 Å². The normalized spacial score (nSPS) is 24.8. The first-order chi connectivity index (χ1) is 9.78. The summed E-state index contributed by atoms with van der Waals surface area (Å²) in [4.78, 5) is 15.3. The van der Waals surface area contributed by atoms with Crippen molar-refractivity contribution in [1.82, 2.24) is 15.0 Å². The second-order valence-corrected chi connectivity index (χ2v) is 5.07. The highest BCUT2D eigenvalue weighted by Gasteiger charge is 2.35. The number of morpholine rings is 1. The smallest absolute Gasteiger partial charge is 0.323 e. The molecular weight excluding hydrogens is 258 g/mol. The Balaban J connectivity index is 1.83. The molecule has 0 spiro atoms. The fraction of sp³-hybridized carbons (Fsp3) is 0.769. The van der Waals surface area contributed by atoms with Crippen LogP contribution < -0.4 is 15.0 Å². The molecule has 0 radical (unpaired) electrons. The zero-order valence-corrected chi connectivity index (χ0v) is 12.0. The third kappa shape index (κ3) is 2.77. The summed E-state index contributed by atoms with van der Waals surface area (Å²) in [5, 5.41) is 3.12. The molecule has 0 saturated carbocycles. The zero-order chi connectivity index (χ0) is 13.9. The largest absolute Gasteiger partial charge is 0.464 e. The van der Waals surface area contributed by atoms with Crippen molar-refractivity contribution >= 4 is 11.9 Å². The molecule has 7 nitrogen and oxygen atoms in total. The number of ether oxygens (including phenoxy) is 2. The molecule has 2 aliphatic rings. The summed E-state index contributed by atoms with van der Waals surface area (Å²) in [6.45, 7) is 6.94. The molecule has 0 aliphatic carbocycles. The highest BCUT2D eigenvalue weighted by Crippen LogP contribution is 2.28. The van der Waals surface area contributed by atoms with Crippen LogP contribution in [0.2, 0.25) is 0 Å². The van der Waals surface area contributed by atoms with Gasteiger partial charge in [0.05, 0.1) is 18.8 Å². The third-order valence-corrected chi connectivity index (χ3v) is 3.54. The van der Waals surface area contributed by atoms with E-state index in [2.05, 4.69) is 25.2 Å². The van der Waals surface area contributed by atoms with Gasteiger partial charge in [0.15, 0.2) is 0 Å². The Morgan fingerprint density at radius 2 is 1.95 bits per heavy atom. The van der Waals surface area contributed by atoms with Gasteiger partial charge in [0, 0.05) is 19.6 Å². The van der Waals surface area contributed by atoms with Crippen LogP contribution in [0, 0.1) is 0 Å². The van der Waals surface area contributed by atoms with Crippen LogP contribution in [0.3, 0.4) is 0 Å². The molecule has 0 aromatic carbocycles. The van der Waals surface area contributed by atoms with E-state index in [1.54, 1.807) is 0 Å². The van der Waals surface area contributed by atoms with Crippen LogP contribution in [0.4, 0.5) is 11.9 Å². The minimum absolute atomic E-state index is 0.309. The fourth-order valence-electron chi connectivity index (χ4n) is 2.70. The number of hydrogen-bond acceptors (Lipinski definition) is 7. The molecule has 3 rings (SSSR count). The first-order valence-electron chi connectivity index (χ1n) is 7.31. The summed E-state index contributed by atoms with van der Waals surface area (Å²) in [5.41, 5.74) is 0. The zero-order valence-electron chi connectivity index (χ0n) is 12.0. The molecule has 7 heteroatoms. The van der Waals surface area contributed by atoms with Gasteiger partial charge in [-0.3, -0.25) is 0 Å². The minimum atomic E-state index is 0.309. The van der Waals surface area contributed by atoms with E-state index in [9.17, 15) is 0 Å². The Morgan fingerprint density at radius 1 is 1.20 bits per heavy atom. The molecule has 2 saturated heterocycles. The molecule has 1 aromatic rings. The van der Waals surface area contributed by atoms with Crippen molar-refractivity contribution in [1.29, 1.82) is 0 Å². The highest BCUT2D eigenvalue weighted by atomic mass is 16.5. The van der Waals surface area contributed by atoms with Gasteiger partial charge in [-0.25, -0.2) is 0 Å². The van der Waals surface area contributed by atoms with Crippen molar-refractivity contribution in [3.63, 3.8) is 0 Å². The number of rotatable bonds is 5. The highest BCUT2D eigenvalue weighted by molar-refractivity contribution is 5.39. The Kier molecular flexibility index (Phi) is 3.86. The molecule has 20 heavy (non-hydrogen) atoms. The van der Waals surface area contributed by atoms with Crippen molar-refractivity contribution in [2.75, 3.05) is 36.5 Å². The summed E-state index contributed by atoms with van der Waals surface area (Å²) in [7, 11) is 0. The average Bonchev–Trinajstić information content (AvgIpc) is 2.78. The van der Waals surface area contributed by atoms with Gasteiger partial charge < -0.3 is 19.7 Å². The van der Waals surface area contributed by atoms with E-state index in [-0.39, 0.29) is 0 Å². The van der Waals surface area contributed by atoms with Gasteiger partial charge in [0.25, 0.3) is 0 Å². The SMILES string of the molecule is CCNc1nc(OCC)nc(N2CC3CCC(C2)O3)n1. The second kappa shape index (κ2) is 5.78. The van der Waals surface area contributed by atoms with Crippen molar-refractivity contribution in [2.24, 2.45) is 0 Å². The summed E-state index contributed by atoms with van der Waals surface area (Å²) in [6, 6.07) is 0.382. The quantitative estimate of drug-likeness (QED) is 0.864. The van der Waals surface area contributed by atoms with Gasteiger partial charge in [0.2, 0.25) is 11.9 Å². The van der Waals surface area contributed by atoms with E-state index in [4.69, 9.17) is 9.47 Å². The summed E-state index contributed by atoms with van der Waals surface area (Å²) >= 11 is 0. The predicted octanol–water partition coefficient (Wildman–Crippen LogP) is 1.07. The van der Waals surface area contributed by atoms with Crippen LogP contribution in [-0.2, 0) is 4.74 Å². The van der Waals surface area contributed by atoms with E-state index in [0.29, 0.717) is 36.7 Å². The molecule has 2 atom stereocenters. The predicted molar refractivity (Wildman–Crippen MR) is 75.3 cm³/mol. The number of nitrogens with zero attached hydrogens (tertiary/aromatic N) is 4. The Morgan fingerprint density at radius 3 is 2.60 bits per heavy atom. The van der Waals surface area contributed by atoms with Gasteiger partial charge >= 0.3 is 6.01 Å². The monoisotopic (exact) mass is 279 g/mol. The van der Waals surface area contributed by atoms with Crippen molar-refractivity contribution in [3.05, 3.63) is 0 Å². The molecule has 2 unspecified atom stereocenters. The van der Waals surface area contributed by atoms with Crippen LogP contribution in [-0.4, -0.2) is 53.4 Å². The number of fused-ring (bicyclic) bond motifs is 2. The lowest BCUT2D eigenvalue weighted by Crippen LogP contribution is -2.43. The lowest BCUT2D eigenvalue weighted by Gasteiger charge is -2.32. The molecule has 2 aliphatic heterocycles. The summed E-state index contributed by atoms with van der Waals surface area (Å²) < 4.78 is 11.3. The number of hydrogen-bond donors (Lipinski definition) is 1. The molecule has 1 aromatic heterocycles. The number of anilines is 2. The summed E-state index contributed by atoms with van der Waals surface area (Å²) in [6.07, 6.45) is 2.88. The van der Waals surface area contributed by atoms with Crippen LogP contribution in [0.1, 0.15) is 26.7 Å². The van der Waals surface area contributed by atoms with Gasteiger partial charge in [-0.1, -0.05) is 0 Å². The maximum atomic E-state index is 5.84. The van der Waals surface area contributed by atoms with Crippen molar-refractivity contribution in [3.8, 4) is 6.01 Å². The Bertz CT molecular complexity index is 434. The lowest BCUT2D eigenvalue weighted by molar-refractivity contribution is 0.0298. The van der Waals surface area contributed by atoms with Crippen LogP contribution >= 0.6 is 0 Å². The van der Waals surface area contributed by atoms with Gasteiger partial charge in [-0.2, -0.15) is 15.0 Å². The molecule has 1 N–H and O–H groups in total. The first-order valence-corrected chi connectivity index (χ1v) is 7.31. The van der Waals surface area contributed by atoms with Crippen LogP contribution in [0.15, 0.2) is 0 Å². The van der Waals surface area contributed by atoms with Gasteiger partial charge in [0.1, 0.15) is 0 Å². The Labute approximate surface area is 118 Å². The first kappa shape index (κ1) is 13.4. The van der Waals surface area contributed by atoms with Crippen LogP contribution in [0.5, 0.6) is 6.01 Å². The lowest BCUT2D eigenvalue weighted by atomic mass is 10.2. The van der Waals surface area contributed by atoms with Gasteiger partial charge in [-0.05, 0) is 26.7 Å². The van der Waals surface area contributed by atoms with E-state index in [1.807, 2.05) is 13.8 Å². The maximum absolute atomic E-state index is 5.84. The summed E-state index contributed by atoms with van der Waals surface area (Å²) in [5.74, 6) is 1.25.